The fourth-order valence-electron chi connectivity index (χ4n) is 1.91. The van der Waals surface area contributed by atoms with Gasteiger partial charge in [-0.15, -0.1) is 0 Å². The van der Waals surface area contributed by atoms with Gasteiger partial charge in [0.25, 0.3) is 5.91 Å². The molecular formula is C13H16IN3O2. The smallest absolute Gasteiger partial charge is 0.254 e. The Kier molecular flexibility index (Phi) is 4.62. The predicted molar refractivity (Wildman–Crippen MR) is 81.2 cm³/mol. The fourth-order valence-corrected chi connectivity index (χ4v) is 2.45. The maximum absolute atomic E-state index is 12.5. The van der Waals surface area contributed by atoms with Gasteiger partial charge < -0.3 is 15.8 Å². The molecule has 0 aliphatic heterocycles. The van der Waals surface area contributed by atoms with Gasteiger partial charge in [0.15, 0.2) is 0 Å². The van der Waals surface area contributed by atoms with E-state index < -0.39 is 0 Å². The molecule has 102 valence electrons. The van der Waals surface area contributed by atoms with Crippen molar-refractivity contribution in [2.75, 3.05) is 6.54 Å². The number of carbonyl (C=O) groups is 1. The van der Waals surface area contributed by atoms with E-state index in [9.17, 15) is 4.79 Å². The van der Waals surface area contributed by atoms with Gasteiger partial charge in [0.1, 0.15) is 5.84 Å². The van der Waals surface area contributed by atoms with Gasteiger partial charge in [0.05, 0.1) is 0 Å². The van der Waals surface area contributed by atoms with Crippen LogP contribution in [0.25, 0.3) is 0 Å². The molecule has 1 aliphatic carbocycles. The average molecular weight is 373 g/mol. The highest BCUT2D eigenvalue weighted by molar-refractivity contribution is 14.1. The molecule has 0 atom stereocenters. The Hall–Kier alpha value is -1.31. The standard InChI is InChI=1S/C13H16IN3O2/c14-10-3-1-2-9(8-10)13(18)17(11-4-5-11)7-6-12(15)16-19/h1-3,8,11,19H,4-7H2,(H2,15,16). The highest BCUT2D eigenvalue weighted by Gasteiger charge is 2.32. The topological polar surface area (TPSA) is 78.9 Å². The Labute approximate surface area is 125 Å². The Bertz CT molecular complexity index is 500. The molecular weight excluding hydrogens is 357 g/mol. The SMILES string of the molecule is N/C(CCN(C(=O)c1cccc(I)c1)C1CC1)=N/O. The van der Waals surface area contributed by atoms with Crippen LogP contribution in [-0.2, 0) is 0 Å². The van der Waals surface area contributed by atoms with Crippen molar-refractivity contribution >= 4 is 34.3 Å². The summed E-state index contributed by atoms with van der Waals surface area (Å²) in [7, 11) is 0. The number of halogens is 1. The van der Waals surface area contributed by atoms with E-state index in [4.69, 9.17) is 10.9 Å². The highest BCUT2D eigenvalue weighted by Crippen LogP contribution is 2.28. The first-order valence-corrected chi connectivity index (χ1v) is 7.22. The average Bonchev–Trinajstić information content (AvgIpc) is 3.23. The van der Waals surface area contributed by atoms with E-state index in [1.165, 1.54) is 0 Å². The first-order chi connectivity index (χ1) is 9.11. The van der Waals surface area contributed by atoms with Crippen LogP contribution >= 0.6 is 22.6 Å². The second-order valence-electron chi connectivity index (χ2n) is 4.58. The Morgan fingerprint density at radius 1 is 1.53 bits per heavy atom. The summed E-state index contributed by atoms with van der Waals surface area (Å²) in [5, 5.41) is 11.5. The molecule has 3 N–H and O–H groups in total. The van der Waals surface area contributed by atoms with Gasteiger partial charge in [0.2, 0.25) is 0 Å². The zero-order valence-electron chi connectivity index (χ0n) is 10.4. The number of carbonyl (C=O) groups excluding carboxylic acids is 1. The number of amides is 1. The van der Waals surface area contributed by atoms with Crippen LogP contribution in [0.3, 0.4) is 0 Å². The van der Waals surface area contributed by atoms with Crippen LogP contribution in [-0.4, -0.2) is 34.4 Å². The van der Waals surface area contributed by atoms with E-state index >= 15 is 0 Å². The second-order valence-corrected chi connectivity index (χ2v) is 5.83. The number of rotatable bonds is 5. The highest BCUT2D eigenvalue weighted by atomic mass is 127. The lowest BCUT2D eigenvalue weighted by molar-refractivity contribution is 0.0747. The van der Waals surface area contributed by atoms with Crippen molar-refractivity contribution in [3.8, 4) is 0 Å². The van der Waals surface area contributed by atoms with Crippen molar-refractivity contribution in [2.24, 2.45) is 10.9 Å². The van der Waals surface area contributed by atoms with Crippen molar-refractivity contribution in [2.45, 2.75) is 25.3 Å². The molecule has 1 aromatic rings. The fraction of sp³-hybridized carbons (Fsp3) is 0.385. The van der Waals surface area contributed by atoms with E-state index in [2.05, 4.69) is 27.7 Å². The van der Waals surface area contributed by atoms with Crippen molar-refractivity contribution in [3.05, 3.63) is 33.4 Å². The van der Waals surface area contributed by atoms with Crippen molar-refractivity contribution in [1.82, 2.24) is 4.90 Å². The molecule has 0 heterocycles. The minimum Gasteiger partial charge on any atom is -0.409 e. The molecule has 0 spiro atoms. The first-order valence-electron chi connectivity index (χ1n) is 6.14. The van der Waals surface area contributed by atoms with Crippen molar-refractivity contribution < 1.29 is 10.0 Å². The number of hydrogen-bond acceptors (Lipinski definition) is 3. The summed E-state index contributed by atoms with van der Waals surface area (Å²) in [5.41, 5.74) is 6.16. The molecule has 5 nitrogen and oxygen atoms in total. The van der Waals surface area contributed by atoms with Gasteiger partial charge >= 0.3 is 0 Å². The summed E-state index contributed by atoms with van der Waals surface area (Å²) in [6, 6.07) is 7.83. The van der Waals surface area contributed by atoms with Gasteiger partial charge in [-0.2, -0.15) is 0 Å². The zero-order valence-corrected chi connectivity index (χ0v) is 12.6. The largest absolute Gasteiger partial charge is 0.409 e. The van der Waals surface area contributed by atoms with E-state index in [1.807, 2.05) is 29.2 Å². The lowest BCUT2D eigenvalue weighted by Crippen LogP contribution is -2.36. The quantitative estimate of drug-likeness (QED) is 0.273. The minimum absolute atomic E-state index is 0.0201. The molecule has 0 bridgehead atoms. The zero-order chi connectivity index (χ0) is 13.8. The molecule has 2 rings (SSSR count). The van der Waals surface area contributed by atoms with Gasteiger partial charge in [-0.3, -0.25) is 4.79 Å². The molecule has 1 amide bonds. The molecule has 6 heteroatoms. The van der Waals surface area contributed by atoms with Crippen LogP contribution in [0, 0.1) is 3.57 Å². The van der Waals surface area contributed by atoms with E-state index in [0.29, 0.717) is 24.6 Å². The third-order valence-electron chi connectivity index (χ3n) is 3.06. The van der Waals surface area contributed by atoms with Crippen molar-refractivity contribution in [3.63, 3.8) is 0 Å². The minimum atomic E-state index is 0.0201. The number of benzene rings is 1. The molecule has 0 aromatic heterocycles. The maximum atomic E-state index is 12.5. The summed E-state index contributed by atoms with van der Waals surface area (Å²) < 4.78 is 1.04. The third kappa shape index (κ3) is 3.82. The first kappa shape index (κ1) is 14.1. The maximum Gasteiger partial charge on any atom is 0.254 e. The Morgan fingerprint density at radius 3 is 2.84 bits per heavy atom. The lowest BCUT2D eigenvalue weighted by Gasteiger charge is -2.22. The van der Waals surface area contributed by atoms with Crippen LogP contribution in [0.15, 0.2) is 29.4 Å². The number of hydrogen-bond donors (Lipinski definition) is 2. The van der Waals surface area contributed by atoms with Gasteiger partial charge in [-0.1, -0.05) is 11.2 Å². The molecule has 1 saturated carbocycles. The second kappa shape index (κ2) is 6.23. The Morgan fingerprint density at radius 2 is 2.26 bits per heavy atom. The van der Waals surface area contributed by atoms with Crippen LogP contribution < -0.4 is 5.73 Å². The molecule has 0 radical (unpaired) electrons. The Balaban J connectivity index is 2.08. The summed E-state index contributed by atoms with van der Waals surface area (Å²) >= 11 is 2.19. The van der Waals surface area contributed by atoms with E-state index in [1.54, 1.807) is 0 Å². The number of amidine groups is 1. The number of nitrogens with two attached hydrogens (primary N) is 1. The van der Waals surface area contributed by atoms with Crippen LogP contribution in [0.5, 0.6) is 0 Å². The number of oxime groups is 1. The van der Waals surface area contributed by atoms with Crippen LogP contribution in [0.1, 0.15) is 29.6 Å². The van der Waals surface area contributed by atoms with E-state index in [-0.39, 0.29) is 11.7 Å². The summed E-state index contributed by atoms with van der Waals surface area (Å²) in [6.07, 6.45) is 2.46. The third-order valence-corrected chi connectivity index (χ3v) is 3.73. The van der Waals surface area contributed by atoms with Crippen LogP contribution in [0.4, 0.5) is 0 Å². The molecule has 19 heavy (non-hydrogen) atoms. The van der Waals surface area contributed by atoms with E-state index in [0.717, 1.165) is 16.4 Å². The van der Waals surface area contributed by atoms with Crippen LogP contribution in [0.2, 0.25) is 0 Å². The molecule has 1 aromatic carbocycles. The summed E-state index contributed by atoms with van der Waals surface area (Å²) in [4.78, 5) is 14.3. The van der Waals surface area contributed by atoms with Crippen molar-refractivity contribution in [1.29, 1.82) is 0 Å². The number of nitrogens with zero attached hydrogens (tertiary/aromatic N) is 2. The molecule has 1 fully saturated rings. The monoisotopic (exact) mass is 373 g/mol. The van der Waals surface area contributed by atoms with Gasteiger partial charge in [-0.25, -0.2) is 0 Å². The summed E-state index contributed by atoms with van der Waals surface area (Å²) in [5.74, 6) is 0.174. The molecule has 1 aliphatic rings. The van der Waals surface area contributed by atoms with Gasteiger partial charge in [0, 0.05) is 28.1 Å². The van der Waals surface area contributed by atoms with Gasteiger partial charge in [-0.05, 0) is 53.6 Å². The molecule has 0 unspecified atom stereocenters. The normalized spacial score (nSPS) is 15.3. The lowest BCUT2D eigenvalue weighted by atomic mass is 10.2. The summed E-state index contributed by atoms with van der Waals surface area (Å²) in [6.45, 7) is 0.491. The predicted octanol–water partition coefficient (Wildman–Crippen LogP) is 2.03. The molecule has 0 saturated heterocycles.